The standard InChI is InChI=1S/C27H32N4O/c1-6-18-31(22(7-2)26(32)30-27(3,4)5)23-19-28-24(20-14-10-8-11-15-20)25(29-23)21-16-12-9-13-17-21/h6,8-17,19,22H,1,7,18H2,2-5H3,(H,30,32). The van der Waals surface area contributed by atoms with Gasteiger partial charge in [-0.25, -0.2) is 4.98 Å². The lowest BCUT2D eigenvalue weighted by Crippen LogP contribution is -2.52. The van der Waals surface area contributed by atoms with Gasteiger partial charge in [0, 0.05) is 23.2 Å². The van der Waals surface area contributed by atoms with Gasteiger partial charge in [-0.2, -0.15) is 0 Å². The summed E-state index contributed by atoms with van der Waals surface area (Å²) >= 11 is 0. The largest absolute Gasteiger partial charge is 0.350 e. The first-order valence-corrected chi connectivity index (χ1v) is 11.0. The minimum atomic E-state index is -0.382. The van der Waals surface area contributed by atoms with Crippen molar-refractivity contribution >= 4 is 11.7 Å². The molecule has 1 aromatic heterocycles. The minimum Gasteiger partial charge on any atom is -0.350 e. The molecule has 0 aliphatic heterocycles. The van der Waals surface area contributed by atoms with Gasteiger partial charge in [0.15, 0.2) is 0 Å². The molecule has 32 heavy (non-hydrogen) atoms. The summed E-state index contributed by atoms with van der Waals surface area (Å²) in [5, 5.41) is 3.10. The normalized spacial score (nSPS) is 12.1. The number of benzene rings is 2. The van der Waals surface area contributed by atoms with Crippen molar-refractivity contribution in [2.75, 3.05) is 11.4 Å². The molecule has 0 fully saturated rings. The summed E-state index contributed by atoms with van der Waals surface area (Å²) < 4.78 is 0. The molecule has 0 spiro atoms. The third kappa shape index (κ3) is 5.61. The Kier molecular flexibility index (Phi) is 7.41. The van der Waals surface area contributed by atoms with Gasteiger partial charge in [0.05, 0.1) is 17.6 Å². The smallest absolute Gasteiger partial charge is 0.243 e. The van der Waals surface area contributed by atoms with Gasteiger partial charge in [-0.15, -0.1) is 6.58 Å². The van der Waals surface area contributed by atoms with E-state index in [9.17, 15) is 4.79 Å². The summed E-state index contributed by atoms with van der Waals surface area (Å²) in [6, 6.07) is 19.7. The Hall–Kier alpha value is -3.47. The minimum absolute atomic E-state index is 0.0305. The average molecular weight is 429 g/mol. The van der Waals surface area contributed by atoms with Gasteiger partial charge >= 0.3 is 0 Å². The molecule has 0 aliphatic carbocycles. The van der Waals surface area contributed by atoms with E-state index in [2.05, 4.69) is 11.9 Å². The van der Waals surface area contributed by atoms with Crippen molar-refractivity contribution in [1.29, 1.82) is 0 Å². The summed E-state index contributed by atoms with van der Waals surface area (Å²) in [5.74, 6) is 0.622. The van der Waals surface area contributed by atoms with Crippen LogP contribution in [0.1, 0.15) is 34.1 Å². The molecule has 3 aromatic rings. The molecule has 0 saturated heterocycles. The second-order valence-corrected chi connectivity index (χ2v) is 8.76. The van der Waals surface area contributed by atoms with Crippen LogP contribution in [0.2, 0.25) is 0 Å². The fourth-order valence-corrected chi connectivity index (χ4v) is 3.64. The second-order valence-electron chi connectivity index (χ2n) is 8.76. The molecule has 1 amide bonds. The first kappa shape index (κ1) is 23.2. The van der Waals surface area contributed by atoms with Crippen molar-refractivity contribution in [3.05, 3.63) is 79.5 Å². The maximum absolute atomic E-state index is 13.1. The molecule has 1 atom stereocenters. The molecule has 2 aromatic carbocycles. The molecule has 166 valence electrons. The van der Waals surface area contributed by atoms with Gasteiger partial charge in [-0.1, -0.05) is 73.7 Å². The van der Waals surface area contributed by atoms with Crippen LogP contribution >= 0.6 is 0 Å². The van der Waals surface area contributed by atoms with Gasteiger partial charge < -0.3 is 10.2 Å². The number of carbonyl (C=O) groups is 1. The molecule has 0 bridgehead atoms. The van der Waals surface area contributed by atoms with Crippen LogP contribution in [0.5, 0.6) is 0 Å². The zero-order valence-electron chi connectivity index (χ0n) is 19.4. The number of anilines is 1. The first-order chi connectivity index (χ1) is 15.3. The van der Waals surface area contributed by atoms with E-state index in [1.807, 2.05) is 93.3 Å². The molecular formula is C27H32N4O. The van der Waals surface area contributed by atoms with E-state index < -0.39 is 0 Å². The van der Waals surface area contributed by atoms with Gasteiger partial charge in [-0.3, -0.25) is 9.78 Å². The average Bonchev–Trinajstić information content (AvgIpc) is 2.78. The predicted molar refractivity (Wildman–Crippen MR) is 132 cm³/mol. The van der Waals surface area contributed by atoms with Crippen molar-refractivity contribution in [3.63, 3.8) is 0 Å². The lowest BCUT2D eigenvalue weighted by Gasteiger charge is -2.33. The highest BCUT2D eigenvalue weighted by Crippen LogP contribution is 2.31. The van der Waals surface area contributed by atoms with Crippen molar-refractivity contribution in [2.45, 2.75) is 45.7 Å². The fraction of sp³-hybridized carbons (Fsp3) is 0.296. The first-order valence-electron chi connectivity index (χ1n) is 11.0. The van der Waals surface area contributed by atoms with Crippen LogP contribution in [0, 0.1) is 0 Å². The summed E-state index contributed by atoms with van der Waals surface area (Å²) in [6.07, 6.45) is 4.19. The van der Waals surface area contributed by atoms with Crippen LogP contribution in [0.4, 0.5) is 5.82 Å². The topological polar surface area (TPSA) is 58.1 Å². The zero-order valence-corrected chi connectivity index (χ0v) is 19.4. The van der Waals surface area contributed by atoms with Gasteiger partial charge in [-0.05, 0) is 27.2 Å². The van der Waals surface area contributed by atoms with Crippen LogP contribution in [-0.4, -0.2) is 34.0 Å². The zero-order chi connectivity index (χ0) is 23.1. The van der Waals surface area contributed by atoms with E-state index >= 15 is 0 Å². The maximum atomic E-state index is 13.1. The van der Waals surface area contributed by atoms with E-state index in [-0.39, 0.29) is 17.5 Å². The Morgan fingerprint density at radius 2 is 1.59 bits per heavy atom. The molecular weight excluding hydrogens is 396 g/mol. The van der Waals surface area contributed by atoms with Gasteiger partial charge in [0.1, 0.15) is 11.9 Å². The molecule has 1 heterocycles. The molecule has 5 nitrogen and oxygen atoms in total. The van der Waals surface area contributed by atoms with Crippen LogP contribution in [0.25, 0.3) is 22.5 Å². The number of nitrogens with one attached hydrogen (secondary N) is 1. The molecule has 0 radical (unpaired) electrons. The maximum Gasteiger partial charge on any atom is 0.243 e. The van der Waals surface area contributed by atoms with Crippen molar-refractivity contribution in [1.82, 2.24) is 15.3 Å². The van der Waals surface area contributed by atoms with Crippen molar-refractivity contribution in [2.24, 2.45) is 0 Å². The van der Waals surface area contributed by atoms with Crippen molar-refractivity contribution < 1.29 is 4.79 Å². The fourth-order valence-electron chi connectivity index (χ4n) is 3.64. The van der Waals surface area contributed by atoms with E-state index in [1.165, 1.54) is 0 Å². The van der Waals surface area contributed by atoms with Crippen LogP contribution < -0.4 is 10.2 Å². The lowest BCUT2D eigenvalue weighted by molar-refractivity contribution is -0.123. The molecule has 0 aliphatic rings. The number of aromatic nitrogens is 2. The second kappa shape index (κ2) is 10.2. The Morgan fingerprint density at radius 3 is 2.09 bits per heavy atom. The summed E-state index contributed by atoms with van der Waals surface area (Å²) in [7, 11) is 0. The van der Waals surface area contributed by atoms with E-state index in [4.69, 9.17) is 9.97 Å². The number of hydrogen-bond donors (Lipinski definition) is 1. The lowest BCUT2D eigenvalue weighted by atomic mass is 10.0. The predicted octanol–water partition coefficient (Wildman–Crippen LogP) is 5.50. The third-order valence-electron chi connectivity index (χ3n) is 5.04. The van der Waals surface area contributed by atoms with Crippen molar-refractivity contribution in [3.8, 4) is 22.5 Å². The summed E-state index contributed by atoms with van der Waals surface area (Å²) in [4.78, 5) is 24.9. The number of rotatable bonds is 8. The quantitative estimate of drug-likeness (QED) is 0.482. The van der Waals surface area contributed by atoms with Crippen LogP contribution in [-0.2, 0) is 4.79 Å². The number of nitrogens with zero attached hydrogens (tertiary/aromatic N) is 3. The van der Waals surface area contributed by atoms with E-state index in [0.717, 1.165) is 22.5 Å². The molecule has 1 unspecified atom stereocenters. The van der Waals surface area contributed by atoms with Crippen LogP contribution in [0.3, 0.4) is 0 Å². The van der Waals surface area contributed by atoms with E-state index in [1.54, 1.807) is 12.3 Å². The number of amides is 1. The van der Waals surface area contributed by atoms with E-state index in [0.29, 0.717) is 18.8 Å². The molecule has 0 saturated carbocycles. The number of hydrogen-bond acceptors (Lipinski definition) is 4. The Labute approximate surface area is 191 Å². The van der Waals surface area contributed by atoms with Crippen LogP contribution in [0.15, 0.2) is 79.5 Å². The number of carbonyl (C=O) groups excluding carboxylic acids is 1. The molecule has 5 heteroatoms. The summed E-state index contributed by atoms with van der Waals surface area (Å²) in [5.41, 5.74) is 3.26. The highest BCUT2D eigenvalue weighted by Gasteiger charge is 2.28. The molecule has 1 N–H and O–H groups in total. The SMILES string of the molecule is C=CCN(c1cnc(-c2ccccc2)c(-c2ccccc2)n1)C(CC)C(=O)NC(C)(C)C. The van der Waals surface area contributed by atoms with Gasteiger partial charge in [0.25, 0.3) is 0 Å². The third-order valence-corrected chi connectivity index (χ3v) is 5.04. The van der Waals surface area contributed by atoms with Gasteiger partial charge in [0.2, 0.25) is 5.91 Å². The summed E-state index contributed by atoms with van der Waals surface area (Å²) in [6.45, 7) is 12.3. The Bertz CT molecular complexity index is 1040. The highest BCUT2D eigenvalue weighted by molar-refractivity contribution is 5.86. The monoisotopic (exact) mass is 428 g/mol. The molecule has 3 rings (SSSR count). The highest BCUT2D eigenvalue weighted by atomic mass is 16.2. The Balaban J connectivity index is 2.10. The Morgan fingerprint density at radius 1 is 1.03 bits per heavy atom.